The van der Waals surface area contributed by atoms with E-state index in [1.165, 1.54) is 19.2 Å². The van der Waals surface area contributed by atoms with Crippen LogP contribution in [0.15, 0.2) is 89.5 Å². The lowest BCUT2D eigenvalue weighted by molar-refractivity contribution is -0.123. The number of urea groups is 1. The molecule has 0 unspecified atom stereocenters. The van der Waals surface area contributed by atoms with Gasteiger partial charge in [-0.1, -0.05) is 48.5 Å². The minimum absolute atomic E-state index is 0.0173. The van der Waals surface area contributed by atoms with E-state index in [0.29, 0.717) is 36.7 Å². The number of carbonyl (C=O) groups is 3. The van der Waals surface area contributed by atoms with Crippen molar-refractivity contribution in [2.24, 2.45) is 0 Å². The Kier molecular flexibility index (Phi) is 8.38. The third-order valence-electron chi connectivity index (χ3n) is 6.71. The van der Waals surface area contributed by atoms with Crippen molar-refractivity contribution >= 4 is 34.8 Å². The first-order valence-electron chi connectivity index (χ1n) is 13.4. The molecule has 0 saturated carbocycles. The van der Waals surface area contributed by atoms with Gasteiger partial charge in [0.25, 0.3) is 5.91 Å². The predicted molar refractivity (Wildman–Crippen MR) is 157 cm³/mol. The highest BCUT2D eigenvalue weighted by Gasteiger charge is 2.34. The minimum atomic E-state index is -0.649. The fourth-order valence-corrected chi connectivity index (χ4v) is 4.78. The summed E-state index contributed by atoms with van der Waals surface area (Å²) in [5.41, 5.74) is 2.60. The van der Waals surface area contributed by atoms with Crippen LogP contribution in [-0.2, 0) is 29.1 Å². The SMILES string of the molecule is C=CCc1cc(/C=C2\NC(=O)N(Cc3ccc(C(=O)OC)o3)C2=O)cc(OCC)c1OCc1cccc2ccccc12. The summed E-state index contributed by atoms with van der Waals surface area (Å²) in [7, 11) is 1.24. The number of esters is 1. The van der Waals surface area contributed by atoms with Crippen LogP contribution in [0, 0.1) is 0 Å². The number of furan rings is 1. The molecule has 1 N–H and O–H groups in total. The number of hydrogen-bond acceptors (Lipinski definition) is 7. The van der Waals surface area contributed by atoms with Crippen LogP contribution in [0.3, 0.4) is 0 Å². The summed E-state index contributed by atoms with van der Waals surface area (Å²) in [6.07, 6.45) is 3.85. The highest BCUT2D eigenvalue weighted by atomic mass is 16.5. The number of hydrogen-bond donors (Lipinski definition) is 1. The highest BCUT2D eigenvalue weighted by molar-refractivity contribution is 6.13. The Hall–Kier alpha value is -5.31. The molecule has 1 aliphatic rings. The molecule has 0 aliphatic carbocycles. The van der Waals surface area contributed by atoms with Crippen LogP contribution in [0.4, 0.5) is 4.79 Å². The zero-order valence-electron chi connectivity index (χ0n) is 23.3. The van der Waals surface area contributed by atoms with Crippen LogP contribution in [0.2, 0.25) is 0 Å². The summed E-state index contributed by atoms with van der Waals surface area (Å²) >= 11 is 0. The Morgan fingerprint density at radius 1 is 1.02 bits per heavy atom. The second-order valence-corrected chi connectivity index (χ2v) is 9.50. The molecule has 9 heteroatoms. The Morgan fingerprint density at radius 2 is 1.83 bits per heavy atom. The molecular weight excluding hydrogens is 536 g/mol. The fraction of sp³-hybridized carbons (Fsp3) is 0.182. The molecule has 0 spiro atoms. The van der Waals surface area contributed by atoms with E-state index in [1.54, 1.807) is 18.2 Å². The average molecular weight is 567 g/mol. The highest BCUT2D eigenvalue weighted by Crippen LogP contribution is 2.36. The maximum Gasteiger partial charge on any atom is 0.373 e. The normalized spacial score (nSPS) is 13.9. The van der Waals surface area contributed by atoms with Gasteiger partial charge in [-0.2, -0.15) is 0 Å². The van der Waals surface area contributed by atoms with Crippen molar-refractivity contribution in [1.82, 2.24) is 10.2 Å². The van der Waals surface area contributed by atoms with Gasteiger partial charge >= 0.3 is 12.0 Å². The molecule has 4 aromatic rings. The number of ether oxygens (including phenoxy) is 3. The number of benzene rings is 3. The largest absolute Gasteiger partial charge is 0.490 e. The van der Waals surface area contributed by atoms with Crippen LogP contribution in [0.1, 0.15) is 39.9 Å². The van der Waals surface area contributed by atoms with Gasteiger partial charge in [0.15, 0.2) is 11.5 Å². The number of carbonyl (C=O) groups excluding carboxylic acids is 3. The lowest BCUT2D eigenvalue weighted by Crippen LogP contribution is -2.30. The molecule has 1 aliphatic heterocycles. The Bertz CT molecular complexity index is 1700. The summed E-state index contributed by atoms with van der Waals surface area (Å²) in [6, 6.07) is 20.2. The van der Waals surface area contributed by atoms with Crippen molar-refractivity contribution in [3.05, 3.63) is 113 Å². The van der Waals surface area contributed by atoms with Gasteiger partial charge in [-0.25, -0.2) is 9.59 Å². The number of rotatable bonds is 11. The molecule has 5 rings (SSSR count). The molecule has 9 nitrogen and oxygen atoms in total. The summed E-state index contributed by atoms with van der Waals surface area (Å²) in [5, 5.41) is 4.86. The fourth-order valence-electron chi connectivity index (χ4n) is 4.78. The average Bonchev–Trinajstić information content (AvgIpc) is 3.57. The van der Waals surface area contributed by atoms with Gasteiger partial charge < -0.3 is 23.9 Å². The van der Waals surface area contributed by atoms with Crippen LogP contribution in [-0.4, -0.2) is 36.5 Å². The number of amides is 3. The summed E-state index contributed by atoms with van der Waals surface area (Å²) in [5.74, 6) is 0.175. The second kappa shape index (κ2) is 12.5. The van der Waals surface area contributed by atoms with E-state index in [2.05, 4.69) is 34.8 Å². The van der Waals surface area contributed by atoms with Gasteiger partial charge in [-0.05, 0) is 65.6 Å². The first-order chi connectivity index (χ1) is 20.4. The zero-order chi connectivity index (χ0) is 29.6. The molecule has 3 aromatic carbocycles. The number of methoxy groups -OCH3 is 1. The van der Waals surface area contributed by atoms with E-state index < -0.39 is 17.9 Å². The third kappa shape index (κ3) is 5.90. The van der Waals surface area contributed by atoms with Crippen molar-refractivity contribution in [2.45, 2.75) is 26.5 Å². The van der Waals surface area contributed by atoms with Crippen molar-refractivity contribution in [1.29, 1.82) is 0 Å². The molecule has 1 saturated heterocycles. The maximum atomic E-state index is 13.1. The lowest BCUT2D eigenvalue weighted by Gasteiger charge is -2.17. The van der Waals surface area contributed by atoms with Gasteiger partial charge in [-0.15, -0.1) is 6.58 Å². The summed E-state index contributed by atoms with van der Waals surface area (Å²) in [6.45, 7) is 6.36. The van der Waals surface area contributed by atoms with Crippen molar-refractivity contribution < 1.29 is 33.0 Å². The molecule has 42 heavy (non-hydrogen) atoms. The van der Waals surface area contributed by atoms with Gasteiger partial charge in [0.1, 0.15) is 18.1 Å². The Morgan fingerprint density at radius 3 is 2.62 bits per heavy atom. The number of imide groups is 1. The van der Waals surface area contributed by atoms with Gasteiger partial charge in [0.05, 0.1) is 20.3 Å². The lowest BCUT2D eigenvalue weighted by atomic mass is 10.0. The van der Waals surface area contributed by atoms with E-state index in [4.69, 9.17) is 13.9 Å². The minimum Gasteiger partial charge on any atom is -0.490 e. The van der Waals surface area contributed by atoms with Crippen LogP contribution in [0.5, 0.6) is 11.5 Å². The van der Waals surface area contributed by atoms with Crippen LogP contribution < -0.4 is 14.8 Å². The van der Waals surface area contributed by atoms with Crippen molar-refractivity contribution in [3.8, 4) is 11.5 Å². The molecule has 2 heterocycles. The quantitative estimate of drug-likeness (QED) is 0.102. The van der Waals surface area contributed by atoms with E-state index in [-0.39, 0.29) is 23.8 Å². The second-order valence-electron chi connectivity index (χ2n) is 9.50. The smallest absolute Gasteiger partial charge is 0.373 e. The zero-order valence-corrected chi connectivity index (χ0v) is 23.3. The predicted octanol–water partition coefficient (Wildman–Crippen LogP) is 6.02. The Balaban J connectivity index is 1.41. The first-order valence-corrected chi connectivity index (χ1v) is 13.4. The monoisotopic (exact) mass is 566 g/mol. The van der Waals surface area contributed by atoms with E-state index in [1.807, 2.05) is 37.3 Å². The van der Waals surface area contributed by atoms with Crippen LogP contribution in [0.25, 0.3) is 16.8 Å². The molecule has 1 fully saturated rings. The molecule has 0 bridgehead atoms. The van der Waals surface area contributed by atoms with Gasteiger partial charge in [0.2, 0.25) is 5.76 Å². The summed E-state index contributed by atoms with van der Waals surface area (Å²) < 4.78 is 22.4. The van der Waals surface area contributed by atoms with Gasteiger partial charge in [0, 0.05) is 5.56 Å². The van der Waals surface area contributed by atoms with Crippen molar-refractivity contribution in [2.75, 3.05) is 13.7 Å². The third-order valence-corrected chi connectivity index (χ3v) is 6.71. The molecule has 0 radical (unpaired) electrons. The first kappa shape index (κ1) is 28.2. The van der Waals surface area contributed by atoms with E-state index in [9.17, 15) is 14.4 Å². The van der Waals surface area contributed by atoms with Crippen molar-refractivity contribution in [3.63, 3.8) is 0 Å². The van der Waals surface area contributed by atoms with E-state index >= 15 is 0 Å². The molecular formula is C33H30N2O7. The van der Waals surface area contributed by atoms with E-state index in [0.717, 1.165) is 26.8 Å². The topological polar surface area (TPSA) is 107 Å². The van der Waals surface area contributed by atoms with Gasteiger partial charge in [-0.3, -0.25) is 9.69 Å². The molecule has 0 atom stereocenters. The standard InChI is InChI=1S/C33H30N2O7/c1-4-9-23-16-21(17-27-31(36)35(33(38)34-27)19-25-14-15-28(42-25)32(37)39-3)18-29(40-5-2)30(23)41-20-24-12-8-11-22-10-6-7-13-26(22)24/h4,6-8,10-18H,1,5,9,19-20H2,2-3H3,(H,34,38)/b27-17-. The number of fused-ring (bicyclic) bond motifs is 1. The molecule has 214 valence electrons. The number of allylic oxidation sites excluding steroid dienone is 1. The molecule has 1 aromatic heterocycles. The summed E-state index contributed by atoms with van der Waals surface area (Å²) in [4.78, 5) is 38.5. The number of nitrogens with zero attached hydrogens (tertiary/aromatic N) is 1. The molecule has 3 amide bonds. The number of nitrogens with one attached hydrogen (secondary N) is 1. The maximum absolute atomic E-state index is 13.1. The Labute approximate surface area is 243 Å². The van der Waals surface area contributed by atoms with Crippen LogP contribution >= 0.6 is 0 Å².